The summed E-state index contributed by atoms with van der Waals surface area (Å²) in [6.45, 7) is 0. The SMILES string of the molecule is Cl.N[C@H](C[C@@H](CC1CCCCC1)C(=O)O)C(=O)O. The molecule has 0 amide bonds. The standard InChI is InChI=1S/C12H21NO4.ClH/c13-10(12(16)17)7-9(11(14)15)6-8-4-2-1-3-5-8;/h8-10H,1-7,13H2,(H,14,15)(H,16,17);1H/t9-,10-;/m1./s1. The summed E-state index contributed by atoms with van der Waals surface area (Å²) in [6, 6.07) is -1.07. The van der Waals surface area contributed by atoms with E-state index in [0.717, 1.165) is 25.7 Å². The monoisotopic (exact) mass is 279 g/mol. The molecule has 0 radical (unpaired) electrons. The molecule has 0 aromatic carbocycles. The molecular formula is C12H22ClNO4. The topological polar surface area (TPSA) is 101 Å². The zero-order valence-electron chi connectivity index (χ0n) is 10.4. The van der Waals surface area contributed by atoms with Crippen LogP contribution in [0.2, 0.25) is 0 Å². The highest BCUT2D eigenvalue weighted by molar-refractivity contribution is 5.85. The Morgan fingerprint density at radius 2 is 1.67 bits per heavy atom. The number of nitrogens with two attached hydrogens (primary N) is 1. The number of hydrogen-bond donors (Lipinski definition) is 3. The van der Waals surface area contributed by atoms with Crippen molar-refractivity contribution in [3.05, 3.63) is 0 Å². The van der Waals surface area contributed by atoms with Gasteiger partial charge in [0.1, 0.15) is 6.04 Å². The first-order valence-electron chi connectivity index (χ1n) is 6.22. The van der Waals surface area contributed by atoms with E-state index in [1.54, 1.807) is 0 Å². The van der Waals surface area contributed by atoms with Crippen LogP contribution in [0.1, 0.15) is 44.9 Å². The van der Waals surface area contributed by atoms with E-state index in [4.69, 9.17) is 15.9 Å². The van der Waals surface area contributed by atoms with Gasteiger partial charge in [-0.25, -0.2) is 0 Å². The van der Waals surface area contributed by atoms with Gasteiger partial charge in [-0.05, 0) is 18.8 Å². The molecule has 0 spiro atoms. The second-order valence-electron chi connectivity index (χ2n) is 4.96. The van der Waals surface area contributed by atoms with E-state index < -0.39 is 23.9 Å². The third-order valence-electron chi connectivity index (χ3n) is 3.55. The molecule has 1 fully saturated rings. The molecule has 4 N–H and O–H groups in total. The van der Waals surface area contributed by atoms with Crippen LogP contribution in [0, 0.1) is 11.8 Å². The van der Waals surface area contributed by atoms with Crippen LogP contribution >= 0.6 is 12.4 Å². The Labute approximate surface area is 113 Å². The maximum Gasteiger partial charge on any atom is 0.320 e. The summed E-state index contributed by atoms with van der Waals surface area (Å²) in [4.78, 5) is 21.7. The van der Waals surface area contributed by atoms with E-state index in [-0.39, 0.29) is 18.8 Å². The van der Waals surface area contributed by atoms with Crippen LogP contribution in [-0.4, -0.2) is 28.2 Å². The first-order chi connectivity index (χ1) is 8.00. The molecule has 1 rings (SSSR count). The minimum atomic E-state index is -1.13. The highest BCUT2D eigenvalue weighted by Crippen LogP contribution is 2.30. The first kappa shape index (κ1) is 17.2. The summed E-state index contributed by atoms with van der Waals surface area (Å²) in [6.07, 6.45) is 6.25. The second-order valence-corrected chi connectivity index (χ2v) is 4.96. The molecule has 0 heterocycles. The Balaban J connectivity index is 0.00000289. The summed E-state index contributed by atoms with van der Waals surface area (Å²) < 4.78 is 0. The van der Waals surface area contributed by atoms with E-state index in [1.165, 1.54) is 6.42 Å². The fraction of sp³-hybridized carbons (Fsp3) is 0.833. The molecule has 106 valence electrons. The number of carboxylic acid groups (broad SMARTS) is 2. The van der Waals surface area contributed by atoms with Crippen LogP contribution in [-0.2, 0) is 9.59 Å². The number of halogens is 1. The van der Waals surface area contributed by atoms with E-state index in [0.29, 0.717) is 12.3 Å². The van der Waals surface area contributed by atoms with Gasteiger partial charge >= 0.3 is 11.9 Å². The minimum absolute atomic E-state index is 0. The van der Waals surface area contributed by atoms with Crippen molar-refractivity contribution in [1.29, 1.82) is 0 Å². The number of rotatable bonds is 6. The Bertz CT molecular complexity index is 279. The van der Waals surface area contributed by atoms with Gasteiger partial charge in [0.05, 0.1) is 5.92 Å². The molecule has 0 aromatic heterocycles. The molecule has 0 bridgehead atoms. The van der Waals surface area contributed by atoms with Crippen LogP contribution in [0.5, 0.6) is 0 Å². The van der Waals surface area contributed by atoms with Crippen molar-refractivity contribution >= 4 is 24.3 Å². The zero-order valence-corrected chi connectivity index (χ0v) is 11.2. The van der Waals surface area contributed by atoms with Crippen LogP contribution in [0.15, 0.2) is 0 Å². The molecule has 0 aromatic rings. The van der Waals surface area contributed by atoms with Crippen molar-refractivity contribution in [1.82, 2.24) is 0 Å². The third kappa shape index (κ3) is 5.69. The lowest BCUT2D eigenvalue weighted by Crippen LogP contribution is -2.35. The third-order valence-corrected chi connectivity index (χ3v) is 3.55. The lowest BCUT2D eigenvalue weighted by molar-refractivity contribution is -0.144. The first-order valence-corrected chi connectivity index (χ1v) is 6.22. The molecule has 0 unspecified atom stereocenters. The summed E-state index contributed by atoms with van der Waals surface area (Å²) in [5.41, 5.74) is 5.40. The minimum Gasteiger partial charge on any atom is -0.481 e. The van der Waals surface area contributed by atoms with Gasteiger partial charge in [-0.2, -0.15) is 0 Å². The van der Waals surface area contributed by atoms with E-state index in [2.05, 4.69) is 0 Å². The Morgan fingerprint density at radius 1 is 1.11 bits per heavy atom. The molecule has 5 nitrogen and oxygen atoms in total. The fourth-order valence-electron chi connectivity index (χ4n) is 2.53. The van der Waals surface area contributed by atoms with Crippen LogP contribution in [0.4, 0.5) is 0 Å². The molecule has 0 saturated heterocycles. The molecule has 2 atom stereocenters. The number of hydrogen-bond acceptors (Lipinski definition) is 3. The number of carboxylic acids is 2. The van der Waals surface area contributed by atoms with E-state index in [1.807, 2.05) is 0 Å². The Hall–Kier alpha value is -0.810. The predicted molar refractivity (Wildman–Crippen MR) is 69.8 cm³/mol. The molecule has 1 saturated carbocycles. The lowest BCUT2D eigenvalue weighted by atomic mass is 9.81. The van der Waals surface area contributed by atoms with Crippen LogP contribution in [0.3, 0.4) is 0 Å². The van der Waals surface area contributed by atoms with Gasteiger partial charge in [0.25, 0.3) is 0 Å². The zero-order chi connectivity index (χ0) is 12.8. The van der Waals surface area contributed by atoms with Gasteiger partial charge in [-0.1, -0.05) is 32.1 Å². The second kappa shape index (κ2) is 8.32. The van der Waals surface area contributed by atoms with Gasteiger partial charge in [-0.3, -0.25) is 9.59 Å². The quantitative estimate of drug-likeness (QED) is 0.689. The predicted octanol–water partition coefficient (Wildman–Crippen LogP) is 1.88. The number of aliphatic carboxylic acids is 2. The molecule has 18 heavy (non-hydrogen) atoms. The average molecular weight is 280 g/mol. The van der Waals surface area contributed by atoms with Crippen molar-refractivity contribution in [3.63, 3.8) is 0 Å². The van der Waals surface area contributed by atoms with Crippen LogP contribution in [0.25, 0.3) is 0 Å². The summed E-state index contributed by atoms with van der Waals surface area (Å²) in [7, 11) is 0. The van der Waals surface area contributed by atoms with Gasteiger partial charge in [0, 0.05) is 0 Å². The highest BCUT2D eigenvalue weighted by atomic mass is 35.5. The Morgan fingerprint density at radius 3 is 2.11 bits per heavy atom. The maximum atomic E-state index is 11.1. The van der Waals surface area contributed by atoms with Crippen molar-refractivity contribution in [3.8, 4) is 0 Å². The summed E-state index contributed by atoms with van der Waals surface area (Å²) in [5, 5.41) is 17.8. The number of carbonyl (C=O) groups is 2. The van der Waals surface area contributed by atoms with Crippen molar-refractivity contribution in [2.24, 2.45) is 17.6 Å². The van der Waals surface area contributed by atoms with Gasteiger partial charge in [0.2, 0.25) is 0 Å². The van der Waals surface area contributed by atoms with Crippen molar-refractivity contribution < 1.29 is 19.8 Å². The smallest absolute Gasteiger partial charge is 0.320 e. The van der Waals surface area contributed by atoms with E-state index in [9.17, 15) is 9.59 Å². The summed E-state index contributed by atoms with van der Waals surface area (Å²) in [5.74, 6) is -2.25. The van der Waals surface area contributed by atoms with Gasteiger partial charge in [-0.15, -0.1) is 12.4 Å². The molecule has 1 aliphatic carbocycles. The molecular weight excluding hydrogens is 258 g/mol. The van der Waals surface area contributed by atoms with Crippen molar-refractivity contribution in [2.45, 2.75) is 51.0 Å². The van der Waals surface area contributed by atoms with Gasteiger partial charge in [0.15, 0.2) is 0 Å². The highest BCUT2D eigenvalue weighted by Gasteiger charge is 2.27. The molecule has 0 aliphatic heterocycles. The van der Waals surface area contributed by atoms with Crippen molar-refractivity contribution in [2.75, 3.05) is 0 Å². The maximum absolute atomic E-state index is 11.1. The lowest BCUT2D eigenvalue weighted by Gasteiger charge is -2.25. The van der Waals surface area contributed by atoms with Gasteiger partial charge < -0.3 is 15.9 Å². The summed E-state index contributed by atoms with van der Waals surface area (Å²) >= 11 is 0. The normalized spacial score (nSPS) is 19.6. The molecule has 6 heteroatoms. The van der Waals surface area contributed by atoms with Crippen LogP contribution < -0.4 is 5.73 Å². The van der Waals surface area contributed by atoms with E-state index >= 15 is 0 Å². The fourth-order valence-corrected chi connectivity index (χ4v) is 2.53. The molecule has 1 aliphatic rings. The largest absolute Gasteiger partial charge is 0.481 e. The average Bonchev–Trinajstić information content (AvgIpc) is 2.29. The Kier molecular flexibility index (Phi) is 7.95.